The van der Waals surface area contributed by atoms with Crippen LogP contribution >= 0.6 is 0 Å². The van der Waals surface area contributed by atoms with Crippen LogP contribution in [0.2, 0.25) is 0 Å². The number of hydrogen-bond donors (Lipinski definition) is 5. The largest absolute Gasteiger partial charge is 0.510 e. The maximum Gasteiger partial charge on any atom is 0.417 e. The van der Waals surface area contributed by atoms with E-state index in [1.54, 1.807) is 7.05 Å². The van der Waals surface area contributed by atoms with Crippen LogP contribution in [0.15, 0.2) is 28.7 Å². The fraction of sp³-hybridized carbons (Fsp3) is 0.581. The number of Topliss-reactive ketones (excluding diaryl/α,β-unsaturated/α-hetero) is 2. The molecule has 6 rings (SSSR count). The normalized spacial score (nSPS) is 33.3. The molecule has 0 radical (unpaired) electrons. The van der Waals surface area contributed by atoms with Gasteiger partial charge in [0.05, 0.1) is 17.2 Å². The molecule has 0 saturated heterocycles. The minimum absolute atomic E-state index is 0.0927. The van der Waals surface area contributed by atoms with Crippen LogP contribution in [0.25, 0.3) is 0 Å². The number of carbonyl (C=O) groups is 3. The molecule has 44 heavy (non-hydrogen) atoms. The molecule has 5 aliphatic rings. The Bertz CT molecular complexity index is 1550. The van der Waals surface area contributed by atoms with E-state index in [-0.39, 0.29) is 24.6 Å². The Hall–Kier alpha value is -3.42. The molecule has 2 bridgehead atoms. The van der Waals surface area contributed by atoms with E-state index in [2.05, 4.69) is 0 Å². The molecule has 0 aliphatic heterocycles. The number of allylic oxidation sites excluding steroid dienone is 1. The third kappa shape index (κ3) is 4.22. The first kappa shape index (κ1) is 30.6. The number of likely N-dealkylation sites (N-methyl/N-ethyl adjacent to an activating group) is 1. The summed E-state index contributed by atoms with van der Waals surface area (Å²) >= 11 is 0. The Morgan fingerprint density at radius 3 is 2.32 bits per heavy atom. The minimum Gasteiger partial charge on any atom is -0.510 e. The summed E-state index contributed by atoms with van der Waals surface area (Å²) in [7, 11) is 4.73. The maximum absolute atomic E-state index is 14.8. The van der Waals surface area contributed by atoms with Gasteiger partial charge >= 0.3 is 6.18 Å². The highest BCUT2D eigenvalue weighted by Crippen LogP contribution is 2.54. The highest BCUT2D eigenvalue weighted by Gasteiger charge is 2.63. The van der Waals surface area contributed by atoms with Crippen molar-refractivity contribution in [1.29, 1.82) is 0 Å². The molecule has 7 atom stereocenters. The Labute approximate surface area is 251 Å². The lowest BCUT2D eigenvalue weighted by molar-refractivity contribution is -0.148. The number of benzene rings is 1. The Balaban J connectivity index is 1.47. The summed E-state index contributed by atoms with van der Waals surface area (Å²) in [6, 6.07) is -0.172. The van der Waals surface area contributed by atoms with Crippen molar-refractivity contribution in [1.82, 2.24) is 9.80 Å². The van der Waals surface area contributed by atoms with E-state index in [1.165, 1.54) is 19.0 Å². The summed E-state index contributed by atoms with van der Waals surface area (Å²) in [5.41, 5.74) is -1.23. The first-order valence-corrected chi connectivity index (χ1v) is 14.8. The number of halogens is 3. The zero-order valence-electron chi connectivity index (χ0n) is 24.6. The average Bonchev–Trinajstić information content (AvgIpc) is 3.53. The number of alkyl halides is 3. The molecule has 0 heterocycles. The highest BCUT2D eigenvalue weighted by molar-refractivity contribution is 6.24. The number of phenols is 1. The number of aliphatic hydroxyl groups excluding tert-OH is 2. The average molecular weight is 620 g/mol. The number of aromatic hydroxyl groups is 1. The van der Waals surface area contributed by atoms with Crippen LogP contribution in [0.4, 0.5) is 13.2 Å². The summed E-state index contributed by atoms with van der Waals surface area (Å²) in [4.78, 5) is 42.7. The second-order valence-corrected chi connectivity index (χ2v) is 13.4. The highest BCUT2D eigenvalue weighted by atomic mass is 19.4. The molecule has 2 fully saturated rings. The molecule has 13 heteroatoms. The number of ketones is 2. The number of nitrogens with two attached hydrogens (primary N) is 1. The van der Waals surface area contributed by atoms with Gasteiger partial charge in [-0.1, -0.05) is 6.42 Å². The van der Waals surface area contributed by atoms with Gasteiger partial charge in [0.15, 0.2) is 11.4 Å². The van der Waals surface area contributed by atoms with Crippen molar-refractivity contribution in [2.45, 2.75) is 68.9 Å². The molecule has 0 spiro atoms. The van der Waals surface area contributed by atoms with Crippen molar-refractivity contribution in [3.8, 4) is 5.75 Å². The molecule has 1 aromatic rings. The van der Waals surface area contributed by atoms with Gasteiger partial charge < -0.3 is 26.2 Å². The van der Waals surface area contributed by atoms with Crippen molar-refractivity contribution in [3.63, 3.8) is 0 Å². The number of phenolic OH excluding ortho intramolecular Hbond substituents is 1. The van der Waals surface area contributed by atoms with Crippen molar-refractivity contribution < 1.29 is 48.0 Å². The number of fused-ring (bicyclic) bond motifs is 5. The van der Waals surface area contributed by atoms with Gasteiger partial charge in [0.25, 0.3) is 5.91 Å². The van der Waals surface area contributed by atoms with Crippen LogP contribution in [0.1, 0.15) is 59.2 Å². The minimum atomic E-state index is -4.88. The number of amides is 1. The van der Waals surface area contributed by atoms with Crippen molar-refractivity contribution >= 4 is 17.5 Å². The fourth-order valence-corrected chi connectivity index (χ4v) is 9.00. The van der Waals surface area contributed by atoms with Crippen LogP contribution < -0.4 is 5.73 Å². The molecule has 1 amide bonds. The monoisotopic (exact) mass is 619 g/mol. The van der Waals surface area contributed by atoms with Gasteiger partial charge in [0, 0.05) is 24.1 Å². The van der Waals surface area contributed by atoms with E-state index in [9.17, 15) is 48.0 Å². The zero-order valence-corrected chi connectivity index (χ0v) is 24.6. The van der Waals surface area contributed by atoms with Gasteiger partial charge in [-0.25, -0.2) is 0 Å². The molecule has 238 valence electrons. The van der Waals surface area contributed by atoms with Gasteiger partial charge in [-0.15, -0.1) is 0 Å². The Morgan fingerprint density at radius 1 is 1.09 bits per heavy atom. The number of rotatable bonds is 5. The van der Waals surface area contributed by atoms with E-state index in [0.29, 0.717) is 11.8 Å². The summed E-state index contributed by atoms with van der Waals surface area (Å²) in [6.07, 6.45) is -1.48. The molecule has 6 N–H and O–H groups in total. The van der Waals surface area contributed by atoms with E-state index in [4.69, 9.17) is 5.73 Å². The summed E-state index contributed by atoms with van der Waals surface area (Å²) in [5.74, 6) is -7.93. The van der Waals surface area contributed by atoms with Crippen molar-refractivity contribution in [3.05, 3.63) is 51.0 Å². The van der Waals surface area contributed by atoms with E-state index in [0.717, 1.165) is 31.7 Å². The van der Waals surface area contributed by atoms with Crippen molar-refractivity contribution in [2.24, 2.45) is 29.4 Å². The van der Waals surface area contributed by atoms with Crippen LogP contribution in [0.5, 0.6) is 5.75 Å². The summed E-state index contributed by atoms with van der Waals surface area (Å²) < 4.78 is 44.5. The number of aliphatic hydroxyl groups is 3. The molecule has 10 nitrogen and oxygen atoms in total. The number of hydrogen-bond acceptors (Lipinski definition) is 9. The van der Waals surface area contributed by atoms with Crippen LogP contribution in [-0.4, -0.2) is 86.5 Å². The number of primary amides is 1. The zero-order chi connectivity index (χ0) is 32.2. The fourth-order valence-electron chi connectivity index (χ4n) is 9.00. The lowest BCUT2D eigenvalue weighted by atomic mass is 9.58. The van der Waals surface area contributed by atoms with E-state index >= 15 is 0 Å². The molecular formula is C31H36F3N3O7. The predicted octanol–water partition coefficient (Wildman–Crippen LogP) is 2.76. The van der Waals surface area contributed by atoms with Crippen LogP contribution in [0.3, 0.4) is 0 Å². The third-order valence-corrected chi connectivity index (χ3v) is 10.8. The third-order valence-electron chi connectivity index (χ3n) is 10.8. The first-order valence-electron chi connectivity index (χ1n) is 14.8. The van der Waals surface area contributed by atoms with Crippen LogP contribution in [-0.2, 0) is 28.7 Å². The second kappa shape index (κ2) is 10.0. The molecular weight excluding hydrogens is 583 g/mol. The van der Waals surface area contributed by atoms with Gasteiger partial charge in [-0.05, 0) is 88.2 Å². The molecule has 2 unspecified atom stereocenters. The van der Waals surface area contributed by atoms with E-state index < -0.39 is 98.7 Å². The first-order chi connectivity index (χ1) is 20.5. The maximum atomic E-state index is 14.8. The summed E-state index contributed by atoms with van der Waals surface area (Å²) in [5, 5.41) is 45.0. The molecule has 1 aromatic carbocycles. The van der Waals surface area contributed by atoms with Gasteiger partial charge in [0.2, 0.25) is 5.78 Å². The lowest BCUT2D eigenvalue weighted by Gasteiger charge is -2.50. The molecule has 5 aliphatic carbocycles. The number of nitrogens with zero attached hydrogens (tertiary/aromatic N) is 2. The Morgan fingerprint density at radius 2 is 1.77 bits per heavy atom. The van der Waals surface area contributed by atoms with E-state index in [1.807, 2.05) is 4.90 Å². The predicted molar refractivity (Wildman–Crippen MR) is 149 cm³/mol. The standard InChI is InChI=1S/C31H36F3N3O7/c1-36(2)24-17-9-14-8-16-21(25(39)20(14)27(41)30(17,44)28(42)22(26(24)40)29(35)43)19(38)10-15(23(16)31(32,33)34)11-37(3)18-7-12-4-5-13(18)6-12/h10,12-14,17-18,24,38,40-41,44H,4-9,11H2,1-3H3,(H2,35,43)/t12?,13?,14-,17-,18+,24-,30-/m0/s1. The Kier molecular flexibility index (Phi) is 6.99. The quantitative estimate of drug-likeness (QED) is 0.312. The topological polar surface area (TPSA) is 165 Å². The number of carbonyl (C=O) groups excluding carboxylic acids is 3. The smallest absolute Gasteiger partial charge is 0.417 e. The summed E-state index contributed by atoms with van der Waals surface area (Å²) in [6.45, 7) is -0.0927. The van der Waals surface area contributed by atoms with Gasteiger partial charge in [-0.2, -0.15) is 13.2 Å². The SMILES string of the molecule is CN(C)[C@@H]1C(O)=C(C(N)=O)C(=O)[C@@]2(O)C(O)=C3C(=O)c4c(O)cc(CN(C)[C@@H]5CC6CCC5C6)c(C(F)(F)F)c4C[C@H]3C[C@@H]12. The van der Waals surface area contributed by atoms with Gasteiger partial charge in [0.1, 0.15) is 22.8 Å². The molecule has 2 saturated carbocycles. The molecule has 0 aromatic heterocycles. The second-order valence-electron chi connectivity index (χ2n) is 13.4. The lowest BCUT2D eigenvalue weighted by Crippen LogP contribution is -2.63. The van der Waals surface area contributed by atoms with Crippen molar-refractivity contribution in [2.75, 3.05) is 21.1 Å². The van der Waals surface area contributed by atoms with Crippen LogP contribution in [0, 0.1) is 23.7 Å². The van der Waals surface area contributed by atoms with Gasteiger partial charge in [-0.3, -0.25) is 24.2 Å².